The summed E-state index contributed by atoms with van der Waals surface area (Å²) in [6.45, 7) is 6.21. The molecular formula is C15H19NO2. The normalized spacial score (nSPS) is 13.2. The molecule has 0 bridgehead atoms. The van der Waals surface area contributed by atoms with E-state index in [1.807, 2.05) is 51.1 Å². The Labute approximate surface area is 107 Å². The molecule has 0 aliphatic heterocycles. The minimum absolute atomic E-state index is 0.112. The van der Waals surface area contributed by atoms with Crippen LogP contribution in [0, 0.1) is 6.92 Å². The van der Waals surface area contributed by atoms with Crippen molar-refractivity contribution in [2.75, 3.05) is 6.61 Å². The van der Waals surface area contributed by atoms with E-state index in [1.54, 1.807) is 0 Å². The van der Waals surface area contributed by atoms with Crippen molar-refractivity contribution in [3.8, 4) is 0 Å². The minimum Gasteiger partial charge on any atom is -0.384 e. The van der Waals surface area contributed by atoms with E-state index < -0.39 is 6.10 Å². The highest BCUT2D eigenvalue weighted by molar-refractivity contribution is 5.82. The monoisotopic (exact) mass is 245 g/mol. The summed E-state index contributed by atoms with van der Waals surface area (Å²) in [5.74, 6) is 0. The topological polar surface area (TPSA) is 42.4 Å². The maximum atomic E-state index is 10.1. The van der Waals surface area contributed by atoms with Gasteiger partial charge < -0.3 is 9.84 Å². The Morgan fingerprint density at radius 3 is 2.72 bits per heavy atom. The summed E-state index contributed by atoms with van der Waals surface area (Å²) < 4.78 is 5.42. The van der Waals surface area contributed by atoms with Gasteiger partial charge in [0.05, 0.1) is 23.9 Å². The number of nitrogens with zero attached hydrogens (tertiary/aromatic N) is 1. The summed E-state index contributed by atoms with van der Waals surface area (Å²) in [4.78, 5) is 4.48. The number of aliphatic hydroxyl groups excluding tert-OH is 1. The molecule has 1 aromatic heterocycles. The zero-order valence-electron chi connectivity index (χ0n) is 11.1. The van der Waals surface area contributed by atoms with Crippen LogP contribution >= 0.6 is 0 Å². The molecule has 1 atom stereocenters. The summed E-state index contributed by atoms with van der Waals surface area (Å²) in [7, 11) is 0. The third-order valence-electron chi connectivity index (χ3n) is 2.87. The van der Waals surface area contributed by atoms with Crippen LogP contribution in [0.2, 0.25) is 0 Å². The van der Waals surface area contributed by atoms with E-state index >= 15 is 0 Å². The van der Waals surface area contributed by atoms with E-state index in [4.69, 9.17) is 4.74 Å². The average Bonchev–Trinajstić information content (AvgIpc) is 2.36. The molecule has 2 rings (SSSR count). The molecule has 0 spiro atoms. The van der Waals surface area contributed by atoms with Crippen LogP contribution in [-0.2, 0) is 4.74 Å². The van der Waals surface area contributed by atoms with Gasteiger partial charge >= 0.3 is 0 Å². The number of rotatable bonds is 4. The number of aryl methyl sites for hydroxylation is 1. The fourth-order valence-electron chi connectivity index (χ4n) is 1.92. The smallest absolute Gasteiger partial charge is 0.119 e. The second-order valence-corrected chi connectivity index (χ2v) is 4.78. The third-order valence-corrected chi connectivity index (χ3v) is 2.87. The van der Waals surface area contributed by atoms with Crippen molar-refractivity contribution in [2.45, 2.75) is 33.0 Å². The van der Waals surface area contributed by atoms with E-state index in [2.05, 4.69) is 4.98 Å². The van der Waals surface area contributed by atoms with Crippen LogP contribution in [0.4, 0.5) is 0 Å². The Hall–Kier alpha value is -1.45. The van der Waals surface area contributed by atoms with Gasteiger partial charge in [0, 0.05) is 5.39 Å². The first kappa shape index (κ1) is 13.0. The molecule has 0 amide bonds. The summed E-state index contributed by atoms with van der Waals surface area (Å²) in [5, 5.41) is 11.2. The molecule has 0 fully saturated rings. The van der Waals surface area contributed by atoms with Gasteiger partial charge in [0.25, 0.3) is 0 Å². The molecule has 3 heteroatoms. The first-order valence-corrected chi connectivity index (χ1v) is 6.24. The van der Waals surface area contributed by atoms with E-state index in [0.29, 0.717) is 5.69 Å². The maximum Gasteiger partial charge on any atom is 0.119 e. The molecule has 96 valence electrons. The first-order chi connectivity index (χ1) is 8.58. The summed E-state index contributed by atoms with van der Waals surface area (Å²) in [6, 6.07) is 9.88. The number of pyridine rings is 1. The van der Waals surface area contributed by atoms with Crippen molar-refractivity contribution in [1.82, 2.24) is 4.98 Å². The van der Waals surface area contributed by atoms with Crippen LogP contribution in [0.3, 0.4) is 0 Å². The molecule has 1 heterocycles. The Morgan fingerprint density at radius 2 is 2.00 bits per heavy atom. The highest BCUT2D eigenvalue weighted by atomic mass is 16.5. The summed E-state index contributed by atoms with van der Waals surface area (Å²) >= 11 is 0. The molecule has 1 N–H and O–H groups in total. The van der Waals surface area contributed by atoms with Crippen molar-refractivity contribution in [2.24, 2.45) is 0 Å². The zero-order chi connectivity index (χ0) is 13.1. The highest BCUT2D eigenvalue weighted by Gasteiger charge is 2.12. The molecule has 18 heavy (non-hydrogen) atoms. The SMILES string of the molecule is Cc1cc(C(O)COC(C)C)nc2ccccc12. The average molecular weight is 245 g/mol. The van der Waals surface area contributed by atoms with E-state index in [0.717, 1.165) is 16.5 Å². The van der Waals surface area contributed by atoms with Gasteiger partial charge in [-0.25, -0.2) is 4.98 Å². The van der Waals surface area contributed by atoms with Gasteiger partial charge in [-0.2, -0.15) is 0 Å². The van der Waals surface area contributed by atoms with E-state index in [-0.39, 0.29) is 12.7 Å². The predicted molar refractivity (Wildman–Crippen MR) is 72.5 cm³/mol. The molecule has 0 aliphatic carbocycles. The molecule has 0 saturated heterocycles. The quantitative estimate of drug-likeness (QED) is 0.900. The maximum absolute atomic E-state index is 10.1. The molecule has 0 radical (unpaired) electrons. The van der Waals surface area contributed by atoms with Crippen LogP contribution in [0.1, 0.15) is 31.2 Å². The van der Waals surface area contributed by atoms with Crippen molar-refractivity contribution in [3.05, 3.63) is 41.6 Å². The molecular weight excluding hydrogens is 226 g/mol. The van der Waals surface area contributed by atoms with Crippen LogP contribution in [-0.4, -0.2) is 22.8 Å². The van der Waals surface area contributed by atoms with Crippen molar-refractivity contribution in [1.29, 1.82) is 0 Å². The third kappa shape index (κ3) is 2.86. The first-order valence-electron chi connectivity index (χ1n) is 6.24. The van der Waals surface area contributed by atoms with Gasteiger partial charge in [0.1, 0.15) is 6.10 Å². The van der Waals surface area contributed by atoms with Gasteiger partial charge in [-0.3, -0.25) is 0 Å². The van der Waals surface area contributed by atoms with Crippen molar-refractivity contribution < 1.29 is 9.84 Å². The lowest BCUT2D eigenvalue weighted by molar-refractivity contribution is 0.00338. The van der Waals surface area contributed by atoms with Crippen LogP contribution in [0.15, 0.2) is 30.3 Å². The number of benzene rings is 1. The summed E-state index contributed by atoms with van der Waals surface area (Å²) in [6.07, 6.45) is -0.558. The highest BCUT2D eigenvalue weighted by Crippen LogP contribution is 2.21. The Morgan fingerprint density at radius 1 is 1.28 bits per heavy atom. The number of fused-ring (bicyclic) bond motifs is 1. The molecule has 1 aromatic carbocycles. The molecule has 1 unspecified atom stereocenters. The second-order valence-electron chi connectivity index (χ2n) is 4.78. The Bertz CT molecular complexity index is 537. The predicted octanol–water partition coefficient (Wildman–Crippen LogP) is 3.00. The number of hydrogen-bond donors (Lipinski definition) is 1. The number of aromatic nitrogens is 1. The van der Waals surface area contributed by atoms with Gasteiger partial charge in [0.2, 0.25) is 0 Å². The van der Waals surface area contributed by atoms with Crippen LogP contribution in [0.5, 0.6) is 0 Å². The lowest BCUT2D eigenvalue weighted by atomic mass is 10.1. The fraction of sp³-hybridized carbons (Fsp3) is 0.400. The lowest BCUT2D eigenvalue weighted by Crippen LogP contribution is -2.13. The standard InChI is InChI=1S/C15H19NO2/c1-10(2)18-9-15(17)14-8-11(3)12-6-4-5-7-13(12)16-14/h4-8,10,15,17H,9H2,1-3H3. The van der Waals surface area contributed by atoms with Crippen LogP contribution < -0.4 is 0 Å². The Balaban J connectivity index is 2.28. The van der Waals surface area contributed by atoms with Crippen molar-refractivity contribution >= 4 is 10.9 Å². The molecule has 0 saturated carbocycles. The van der Waals surface area contributed by atoms with Gasteiger partial charge in [-0.05, 0) is 38.5 Å². The molecule has 3 nitrogen and oxygen atoms in total. The molecule has 0 aliphatic rings. The fourth-order valence-corrected chi connectivity index (χ4v) is 1.92. The lowest BCUT2D eigenvalue weighted by Gasteiger charge is -2.14. The number of aliphatic hydroxyl groups is 1. The molecule has 2 aromatic rings. The Kier molecular flexibility index (Phi) is 3.94. The van der Waals surface area contributed by atoms with Crippen LogP contribution in [0.25, 0.3) is 10.9 Å². The number of hydrogen-bond acceptors (Lipinski definition) is 3. The van der Waals surface area contributed by atoms with E-state index in [9.17, 15) is 5.11 Å². The van der Waals surface area contributed by atoms with Gasteiger partial charge in [-0.1, -0.05) is 18.2 Å². The minimum atomic E-state index is -0.671. The summed E-state index contributed by atoms with van der Waals surface area (Å²) in [5.41, 5.74) is 2.71. The second kappa shape index (κ2) is 5.46. The van der Waals surface area contributed by atoms with Crippen molar-refractivity contribution in [3.63, 3.8) is 0 Å². The van der Waals surface area contributed by atoms with Gasteiger partial charge in [0.15, 0.2) is 0 Å². The largest absolute Gasteiger partial charge is 0.384 e. The zero-order valence-corrected chi connectivity index (χ0v) is 11.1. The number of para-hydroxylation sites is 1. The van der Waals surface area contributed by atoms with Gasteiger partial charge in [-0.15, -0.1) is 0 Å². The van der Waals surface area contributed by atoms with E-state index in [1.165, 1.54) is 0 Å². The number of ether oxygens (including phenoxy) is 1.